The van der Waals surface area contributed by atoms with Crippen molar-refractivity contribution < 1.29 is 28.9 Å². The number of hydrogen-bond donors (Lipinski definition) is 3. The number of ketones is 1. The number of carbonyl (C=O) groups is 1. The molecule has 7 nitrogen and oxygen atoms in total. The minimum absolute atomic E-state index is 0. The van der Waals surface area contributed by atoms with Crippen molar-refractivity contribution in [1.82, 2.24) is 4.90 Å². The largest absolute Gasteiger partial charge is 0.490 e. The maximum Gasteiger partial charge on any atom is 0.197 e. The molecule has 0 radical (unpaired) electrons. The van der Waals surface area contributed by atoms with Crippen LogP contribution in [-0.2, 0) is 11.0 Å². The molecular weight excluding hydrogens is 499 g/mol. The van der Waals surface area contributed by atoms with Gasteiger partial charge in [-0.1, -0.05) is 26.8 Å². The number of aliphatic hydroxyl groups is 2. The normalized spacial score (nSPS) is 16.3. The average Bonchev–Trinajstić information content (AvgIpc) is 3.60. The molecule has 3 N–H and O–H groups in total. The Morgan fingerprint density at radius 2 is 1.81 bits per heavy atom. The van der Waals surface area contributed by atoms with E-state index in [4.69, 9.17) is 14.9 Å². The summed E-state index contributed by atoms with van der Waals surface area (Å²) in [7, 11) is 0. The quantitative estimate of drug-likeness (QED) is 0.396. The van der Waals surface area contributed by atoms with Crippen LogP contribution < -0.4 is 9.47 Å². The predicted molar refractivity (Wildman–Crippen MR) is 142 cm³/mol. The highest BCUT2D eigenvalue weighted by molar-refractivity contribution is 6.07. The number of rotatable bonds is 9. The number of amidine groups is 1. The van der Waals surface area contributed by atoms with E-state index in [1.165, 1.54) is 0 Å². The van der Waals surface area contributed by atoms with Gasteiger partial charge in [0.1, 0.15) is 11.9 Å². The summed E-state index contributed by atoms with van der Waals surface area (Å²) in [5, 5.41) is 28.6. The molecule has 202 valence electrons. The number of fused-ring (bicyclic) bond motifs is 2. The van der Waals surface area contributed by atoms with Gasteiger partial charge in [-0.05, 0) is 67.0 Å². The van der Waals surface area contributed by atoms with Gasteiger partial charge in [-0.25, -0.2) is 4.39 Å². The molecule has 2 aromatic carbocycles. The molecule has 2 aromatic rings. The summed E-state index contributed by atoms with van der Waals surface area (Å²) in [6, 6.07) is 6.94. The van der Waals surface area contributed by atoms with E-state index >= 15 is 4.39 Å². The molecule has 1 aliphatic carbocycles. The Balaban J connectivity index is 0.00000380. The number of halogens is 2. The smallest absolute Gasteiger partial charge is 0.197 e. The van der Waals surface area contributed by atoms with Crippen molar-refractivity contribution >= 4 is 24.0 Å². The van der Waals surface area contributed by atoms with Crippen LogP contribution >= 0.6 is 12.4 Å². The van der Waals surface area contributed by atoms with Crippen LogP contribution in [0, 0.1) is 11.2 Å². The van der Waals surface area contributed by atoms with Gasteiger partial charge in [0.2, 0.25) is 0 Å². The highest BCUT2D eigenvalue weighted by Crippen LogP contribution is 2.58. The fourth-order valence-electron chi connectivity index (χ4n) is 4.91. The Labute approximate surface area is 223 Å². The molecule has 0 bridgehead atoms. The summed E-state index contributed by atoms with van der Waals surface area (Å²) in [4.78, 5) is 15.2. The molecule has 1 heterocycles. The number of nitrogens with one attached hydrogen (secondary N) is 1. The van der Waals surface area contributed by atoms with E-state index in [0.717, 1.165) is 5.56 Å². The first-order valence-corrected chi connectivity index (χ1v) is 12.4. The molecule has 1 spiro atoms. The van der Waals surface area contributed by atoms with Gasteiger partial charge in [0.15, 0.2) is 23.1 Å². The predicted octanol–water partition coefficient (Wildman–Crippen LogP) is 4.88. The molecule has 0 amide bonds. The molecule has 1 atom stereocenters. The number of Topliss-reactive ketones (excluding diaryl/α,β-unsaturated/α-hetero) is 1. The molecule has 1 unspecified atom stereocenters. The highest BCUT2D eigenvalue weighted by atomic mass is 35.5. The second-order valence-electron chi connectivity index (χ2n) is 10.5. The molecule has 1 saturated carbocycles. The van der Waals surface area contributed by atoms with E-state index in [1.54, 1.807) is 36.1 Å². The fourth-order valence-corrected chi connectivity index (χ4v) is 4.91. The number of ether oxygens (including phenoxy) is 2. The van der Waals surface area contributed by atoms with Gasteiger partial charge in [-0.3, -0.25) is 10.2 Å². The zero-order chi connectivity index (χ0) is 26.4. The van der Waals surface area contributed by atoms with Crippen LogP contribution in [0.15, 0.2) is 24.3 Å². The first-order valence-electron chi connectivity index (χ1n) is 12.4. The van der Waals surface area contributed by atoms with Crippen molar-refractivity contribution in [3.05, 3.63) is 57.9 Å². The standard InChI is InChI=1S/C28H35FN2O5.ClH/c1-6-35-22-13-19-23(24(29)25(22)36-7-2)26(30)31(28(19)8-9-28)14-20(33)16-10-17(21(34)15-32)12-18(11-16)27(3,4)5;/h10-13,21,30,32,34H,6-9,14-15H2,1-5H3;1H. The van der Waals surface area contributed by atoms with Crippen LogP contribution in [0.25, 0.3) is 0 Å². The maximum absolute atomic E-state index is 15.7. The molecule has 37 heavy (non-hydrogen) atoms. The lowest BCUT2D eigenvalue weighted by Crippen LogP contribution is -2.38. The lowest BCUT2D eigenvalue weighted by atomic mass is 9.84. The Morgan fingerprint density at radius 3 is 2.35 bits per heavy atom. The Hall–Kier alpha value is -2.68. The van der Waals surface area contributed by atoms with Crippen molar-refractivity contribution in [1.29, 1.82) is 5.41 Å². The van der Waals surface area contributed by atoms with Crippen LogP contribution in [0.4, 0.5) is 4.39 Å². The number of carbonyl (C=O) groups excluding carboxylic acids is 1. The van der Waals surface area contributed by atoms with Crippen molar-refractivity contribution in [2.24, 2.45) is 0 Å². The van der Waals surface area contributed by atoms with Crippen LogP contribution in [0.3, 0.4) is 0 Å². The summed E-state index contributed by atoms with van der Waals surface area (Å²) in [6.45, 7) is 9.62. The van der Waals surface area contributed by atoms with E-state index in [2.05, 4.69) is 0 Å². The monoisotopic (exact) mass is 534 g/mol. The molecule has 0 aromatic heterocycles. The van der Waals surface area contributed by atoms with Crippen LogP contribution in [-0.4, -0.2) is 53.1 Å². The average molecular weight is 535 g/mol. The van der Waals surface area contributed by atoms with Crippen LogP contribution in [0.2, 0.25) is 0 Å². The Bertz CT molecular complexity index is 1210. The third-order valence-electron chi connectivity index (χ3n) is 7.03. The van der Waals surface area contributed by atoms with Crippen LogP contribution in [0.5, 0.6) is 11.5 Å². The third kappa shape index (κ3) is 5.07. The van der Waals surface area contributed by atoms with E-state index in [-0.39, 0.29) is 53.9 Å². The van der Waals surface area contributed by atoms with Gasteiger partial charge < -0.3 is 24.6 Å². The Kier molecular flexibility index (Phi) is 8.27. The van der Waals surface area contributed by atoms with Gasteiger partial charge >= 0.3 is 0 Å². The fraction of sp³-hybridized carbons (Fsp3) is 0.500. The van der Waals surface area contributed by atoms with Crippen molar-refractivity contribution in [2.75, 3.05) is 26.4 Å². The topological polar surface area (TPSA) is 103 Å². The third-order valence-corrected chi connectivity index (χ3v) is 7.03. The zero-order valence-electron chi connectivity index (χ0n) is 22.0. The number of benzene rings is 2. The SMILES string of the molecule is CCOc1cc2c(c(F)c1OCC)C(=N)N(CC(=O)c1cc(C(O)CO)cc(C(C)(C)C)c1)C21CC1.Cl. The lowest BCUT2D eigenvalue weighted by Gasteiger charge is -2.27. The van der Waals surface area contributed by atoms with Crippen molar-refractivity contribution in [2.45, 2.75) is 64.5 Å². The highest BCUT2D eigenvalue weighted by Gasteiger charge is 2.58. The first-order chi connectivity index (χ1) is 17.0. The molecule has 4 rings (SSSR count). The minimum Gasteiger partial charge on any atom is -0.490 e. The zero-order valence-corrected chi connectivity index (χ0v) is 22.8. The second-order valence-corrected chi connectivity index (χ2v) is 10.5. The lowest BCUT2D eigenvalue weighted by molar-refractivity contribution is 0.0929. The summed E-state index contributed by atoms with van der Waals surface area (Å²) in [5.74, 6) is -0.616. The van der Waals surface area contributed by atoms with Gasteiger partial charge in [0.25, 0.3) is 0 Å². The van der Waals surface area contributed by atoms with E-state index in [9.17, 15) is 15.0 Å². The number of nitrogens with zero attached hydrogens (tertiary/aromatic N) is 1. The van der Waals surface area contributed by atoms with E-state index < -0.39 is 24.1 Å². The molecule has 1 aliphatic heterocycles. The van der Waals surface area contributed by atoms with E-state index in [0.29, 0.717) is 41.9 Å². The van der Waals surface area contributed by atoms with Gasteiger partial charge in [0.05, 0.1) is 37.5 Å². The summed E-state index contributed by atoms with van der Waals surface area (Å²) in [6.07, 6.45) is 0.294. The number of hydrogen-bond acceptors (Lipinski definition) is 6. The van der Waals surface area contributed by atoms with Gasteiger partial charge in [-0.15, -0.1) is 12.4 Å². The molecular formula is C28H36ClFN2O5. The maximum atomic E-state index is 15.7. The second kappa shape index (κ2) is 10.6. The van der Waals surface area contributed by atoms with Crippen molar-refractivity contribution in [3.63, 3.8) is 0 Å². The first kappa shape index (κ1) is 28.9. The van der Waals surface area contributed by atoms with Gasteiger partial charge in [0, 0.05) is 5.56 Å². The minimum atomic E-state index is -1.11. The molecule has 2 aliphatic rings. The molecule has 0 saturated heterocycles. The molecule has 9 heteroatoms. The molecule has 1 fully saturated rings. The van der Waals surface area contributed by atoms with E-state index in [1.807, 2.05) is 27.7 Å². The summed E-state index contributed by atoms with van der Waals surface area (Å²) < 4.78 is 26.9. The van der Waals surface area contributed by atoms with Gasteiger partial charge in [-0.2, -0.15) is 0 Å². The van der Waals surface area contributed by atoms with Crippen LogP contribution in [0.1, 0.15) is 86.2 Å². The summed E-state index contributed by atoms with van der Waals surface area (Å²) >= 11 is 0. The number of aliphatic hydroxyl groups excluding tert-OH is 2. The summed E-state index contributed by atoms with van der Waals surface area (Å²) in [5.41, 5.74) is 1.61. The Morgan fingerprint density at radius 1 is 1.16 bits per heavy atom. The van der Waals surface area contributed by atoms with Crippen molar-refractivity contribution in [3.8, 4) is 11.5 Å².